The monoisotopic (exact) mass is 885 g/mol. The molecule has 1 fully saturated rings. The van der Waals surface area contributed by atoms with Crippen LogP contribution in [-0.4, -0.2) is 44.7 Å². The molecule has 2 aromatic heterocycles. The first kappa shape index (κ1) is 43.5. The van der Waals surface area contributed by atoms with Crippen molar-refractivity contribution in [3.8, 4) is 11.4 Å². The summed E-state index contributed by atoms with van der Waals surface area (Å²) in [4.78, 5) is 48.1. The Hall–Kier alpha value is -4.76. The van der Waals surface area contributed by atoms with Gasteiger partial charge in [-0.05, 0) is 94.8 Å². The van der Waals surface area contributed by atoms with E-state index in [1.54, 1.807) is 11.5 Å². The predicted octanol–water partition coefficient (Wildman–Crippen LogP) is 8.87. The highest BCUT2D eigenvalue weighted by Crippen LogP contribution is 2.50. The third kappa shape index (κ3) is 6.80. The van der Waals surface area contributed by atoms with Crippen molar-refractivity contribution < 1.29 is 27.6 Å². The van der Waals surface area contributed by atoms with E-state index in [4.69, 9.17) is 18.6 Å². The lowest BCUT2D eigenvalue weighted by Crippen LogP contribution is -2.66. The Morgan fingerprint density at radius 3 is 2.21 bits per heavy atom. The van der Waals surface area contributed by atoms with E-state index in [0.29, 0.717) is 53.0 Å². The number of esters is 1. The molecule has 4 atom stereocenters. The zero-order valence-corrected chi connectivity index (χ0v) is 40.3. The van der Waals surface area contributed by atoms with Crippen LogP contribution < -0.4 is 21.2 Å². The number of cyclic esters (lactones) is 1. The number of carbonyl (C=O) groups excluding carboxylic acids is 2. The molecule has 0 saturated heterocycles. The molecule has 1 saturated carbocycles. The molecule has 5 aromatic rings. The zero-order chi connectivity index (χ0) is 45.0. The van der Waals surface area contributed by atoms with Gasteiger partial charge in [0.15, 0.2) is 13.9 Å². The summed E-state index contributed by atoms with van der Waals surface area (Å²) in [7, 11) is -5.36. The quantitative estimate of drug-likeness (QED) is 0.108. The molecule has 9 nitrogen and oxygen atoms in total. The third-order valence-electron chi connectivity index (χ3n) is 15.1. The number of aryl methyl sites for hydroxylation is 1. The summed E-state index contributed by atoms with van der Waals surface area (Å²) in [5.74, 6) is -1.000. The second-order valence-corrected chi connectivity index (χ2v) is 29.8. The molecule has 4 aliphatic rings. The first-order valence-corrected chi connectivity index (χ1v) is 27.4. The lowest BCUT2D eigenvalue weighted by molar-refractivity contribution is -0.170. The molecule has 12 heteroatoms. The van der Waals surface area contributed by atoms with Crippen molar-refractivity contribution in [1.82, 2.24) is 14.9 Å². The van der Waals surface area contributed by atoms with E-state index in [1.165, 1.54) is 16.4 Å². The van der Waals surface area contributed by atoms with Crippen molar-refractivity contribution in [3.05, 3.63) is 122 Å². The molecule has 2 aliphatic heterocycles. The maximum atomic E-state index is 15.7. The van der Waals surface area contributed by atoms with Crippen LogP contribution in [0.4, 0.5) is 4.39 Å². The van der Waals surface area contributed by atoms with Crippen LogP contribution in [0.15, 0.2) is 77.6 Å². The van der Waals surface area contributed by atoms with Crippen LogP contribution in [-0.2, 0) is 48.4 Å². The van der Waals surface area contributed by atoms with Gasteiger partial charge in [0.05, 0.1) is 35.1 Å². The van der Waals surface area contributed by atoms with Crippen LogP contribution in [0.2, 0.25) is 23.2 Å². The number of nitrogens with zero attached hydrogens (tertiary/aromatic N) is 2. The minimum absolute atomic E-state index is 0.0219. The lowest BCUT2D eigenvalue weighted by Gasteiger charge is -2.46. The molecule has 4 heterocycles. The number of nitrogens with one attached hydrogen (secondary N) is 1. The van der Waals surface area contributed by atoms with E-state index in [0.717, 1.165) is 28.5 Å². The fourth-order valence-electron chi connectivity index (χ4n) is 10.5. The van der Waals surface area contributed by atoms with Gasteiger partial charge >= 0.3 is 5.97 Å². The molecular weight excluding hydrogens is 826 g/mol. The maximum absolute atomic E-state index is 15.7. The molecule has 9 rings (SSSR count). The van der Waals surface area contributed by atoms with Gasteiger partial charge in [0.2, 0.25) is 5.91 Å². The molecule has 2 aliphatic carbocycles. The van der Waals surface area contributed by atoms with Gasteiger partial charge < -0.3 is 23.5 Å². The predicted molar refractivity (Wildman–Crippen MR) is 250 cm³/mol. The van der Waals surface area contributed by atoms with Crippen molar-refractivity contribution in [2.75, 3.05) is 6.61 Å². The van der Waals surface area contributed by atoms with Gasteiger partial charge in [-0.2, -0.15) is 0 Å². The fourth-order valence-corrected chi connectivity index (χ4v) is 16.6. The van der Waals surface area contributed by atoms with Crippen molar-refractivity contribution in [3.63, 3.8) is 0 Å². The Kier molecular flexibility index (Phi) is 10.5. The Bertz CT molecular complexity index is 2700. The van der Waals surface area contributed by atoms with Crippen molar-refractivity contribution in [2.24, 2.45) is 11.8 Å². The second kappa shape index (κ2) is 15.2. The number of fused-ring (bicyclic) bond motifs is 5. The Morgan fingerprint density at radius 1 is 0.952 bits per heavy atom. The van der Waals surface area contributed by atoms with Crippen LogP contribution in [0.3, 0.4) is 0 Å². The number of aromatic nitrogens is 2. The minimum Gasteiger partial charge on any atom is -0.458 e. The Morgan fingerprint density at radius 2 is 1.60 bits per heavy atom. The van der Waals surface area contributed by atoms with Crippen LogP contribution in [0, 0.1) is 24.6 Å². The van der Waals surface area contributed by atoms with Gasteiger partial charge in [0.25, 0.3) is 13.9 Å². The van der Waals surface area contributed by atoms with Gasteiger partial charge in [-0.15, -0.1) is 0 Å². The van der Waals surface area contributed by atoms with Crippen molar-refractivity contribution >= 4 is 49.8 Å². The minimum atomic E-state index is -2.78. The number of ether oxygens (including phenoxy) is 1. The smallest absolute Gasteiger partial charge is 0.342 e. The summed E-state index contributed by atoms with van der Waals surface area (Å²) in [6.45, 7) is 21.6. The van der Waals surface area contributed by atoms with E-state index in [9.17, 15) is 14.4 Å². The largest absolute Gasteiger partial charge is 0.458 e. The number of benzene rings is 3. The number of halogens is 1. The third-order valence-corrected chi connectivity index (χ3v) is 24.6. The van der Waals surface area contributed by atoms with Crippen molar-refractivity contribution in [2.45, 2.75) is 129 Å². The molecular formula is C51H60FN3O6Si2. The topological polar surface area (TPSA) is 109 Å². The maximum Gasteiger partial charge on any atom is 0.342 e. The van der Waals surface area contributed by atoms with Crippen molar-refractivity contribution in [1.29, 1.82) is 0 Å². The summed E-state index contributed by atoms with van der Waals surface area (Å²) >= 11 is 0. The molecule has 3 aromatic carbocycles. The number of hydrogen-bond donors (Lipinski definition) is 1. The second-order valence-electron chi connectivity index (χ2n) is 20.8. The SMILES string of the molecule is CC[C@@]1(O[Si](C)(C)C(C)(C)C)C(=O)OCc2c1cc1n(c2=O)Cc2c-1nc1cc(F)c(C)c3c1c2[C@@H](NC(=O)[C@H]1C[C@@H]1CO[Si](c1ccccc1)(c1ccccc1)C(C)(C)C)CC3. The van der Waals surface area contributed by atoms with E-state index >= 15 is 4.39 Å². The molecule has 0 bridgehead atoms. The van der Waals surface area contributed by atoms with E-state index < -0.39 is 28.2 Å². The van der Waals surface area contributed by atoms with Crippen LogP contribution in [0.5, 0.6) is 0 Å². The van der Waals surface area contributed by atoms with Crippen LogP contribution in [0.25, 0.3) is 22.3 Å². The zero-order valence-electron chi connectivity index (χ0n) is 38.3. The molecule has 330 valence electrons. The van der Waals surface area contributed by atoms with Crippen LogP contribution in [0.1, 0.15) is 107 Å². The molecule has 63 heavy (non-hydrogen) atoms. The lowest BCUT2D eigenvalue weighted by atomic mass is 9.81. The standard InChI is InChI=1S/C51H60FN3O6Si2/c1-11-51(61-62(9,10)49(3,4)5)38-25-42-45-36(27-55(42)47(57)37(38)29-59-48(51)58)44-40(23-22-34-30(2)39(52)26-41(53-45)43(34)44)54-46(56)35-24-31(35)28-60-63(50(6,7)8,32-18-14-12-15-19-32)33-20-16-13-17-21-33/h12-21,25-26,31,35,40H,11,22-24,27-29H2,1-10H3,(H,54,56)/t31-,35+,40+,51+/m1/s1. The molecule has 1 amide bonds. The van der Waals surface area contributed by atoms with E-state index in [2.05, 4.69) is 108 Å². The number of amides is 1. The average molecular weight is 886 g/mol. The normalized spacial score (nSPS) is 21.7. The Labute approximate surface area is 372 Å². The summed E-state index contributed by atoms with van der Waals surface area (Å²) < 4.78 is 37.4. The van der Waals surface area contributed by atoms with E-state index in [1.807, 2.05) is 25.1 Å². The average Bonchev–Trinajstić information content (AvgIpc) is 3.93. The highest BCUT2D eigenvalue weighted by atomic mass is 28.4. The molecule has 0 spiro atoms. The van der Waals surface area contributed by atoms with Gasteiger partial charge in [0.1, 0.15) is 12.4 Å². The highest BCUT2D eigenvalue weighted by Gasteiger charge is 2.55. The summed E-state index contributed by atoms with van der Waals surface area (Å²) in [6, 6.07) is 24.1. The van der Waals surface area contributed by atoms with Crippen LogP contribution >= 0.6 is 0 Å². The molecule has 1 N–H and O–H groups in total. The first-order valence-electron chi connectivity index (χ1n) is 22.6. The fraction of sp³-hybridized carbons (Fsp3) is 0.451. The van der Waals surface area contributed by atoms with Gasteiger partial charge in [-0.1, -0.05) is 109 Å². The van der Waals surface area contributed by atoms with Gasteiger partial charge in [0, 0.05) is 35.1 Å². The van der Waals surface area contributed by atoms with E-state index in [-0.39, 0.29) is 64.8 Å². The summed E-state index contributed by atoms with van der Waals surface area (Å²) in [5, 5.41) is 6.32. The first-order chi connectivity index (χ1) is 29.7. The highest BCUT2D eigenvalue weighted by molar-refractivity contribution is 6.99. The Balaban J connectivity index is 1.07. The van der Waals surface area contributed by atoms with Gasteiger partial charge in [-0.3, -0.25) is 9.59 Å². The summed E-state index contributed by atoms with van der Waals surface area (Å²) in [6.07, 6.45) is 2.16. The molecule has 0 unspecified atom stereocenters. The number of carbonyl (C=O) groups is 2. The number of rotatable bonds is 10. The molecule has 0 radical (unpaired) electrons. The summed E-state index contributed by atoms with van der Waals surface area (Å²) in [5.41, 5.74) is 3.99. The number of hydrogen-bond acceptors (Lipinski definition) is 7. The number of pyridine rings is 2. The van der Waals surface area contributed by atoms with Gasteiger partial charge in [-0.25, -0.2) is 14.2 Å².